The molecule has 1 aromatic heterocycles. The molecule has 8 heteroatoms. The van der Waals surface area contributed by atoms with Crippen LogP contribution in [-0.4, -0.2) is 44.6 Å². The molecule has 1 aliphatic heterocycles. The number of ether oxygens (including phenoxy) is 1. The highest BCUT2D eigenvalue weighted by Gasteiger charge is 2.42. The van der Waals surface area contributed by atoms with E-state index in [1.54, 1.807) is 0 Å². The van der Waals surface area contributed by atoms with Gasteiger partial charge in [0.25, 0.3) is 5.56 Å². The lowest BCUT2D eigenvalue weighted by Crippen LogP contribution is -2.42. The summed E-state index contributed by atoms with van der Waals surface area (Å²) in [5.74, 6) is 0. The maximum Gasteiger partial charge on any atom is 0.330 e. The minimum atomic E-state index is -1.07. The molecule has 17 heavy (non-hydrogen) atoms. The number of hydrogen-bond donors (Lipinski definition) is 4. The van der Waals surface area contributed by atoms with Gasteiger partial charge in [-0.15, -0.1) is 0 Å². The van der Waals surface area contributed by atoms with Gasteiger partial charge in [0.1, 0.15) is 12.2 Å². The fraction of sp³-hybridized carbons (Fsp3) is 0.556. The molecule has 94 valence electrons. The monoisotopic (exact) mass is 243 g/mol. The Morgan fingerprint density at radius 3 is 2.76 bits per heavy atom. The Morgan fingerprint density at radius 1 is 1.53 bits per heavy atom. The molecule has 0 spiro atoms. The number of rotatable bonds is 2. The van der Waals surface area contributed by atoms with Gasteiger partial charge in [-0.1, -0.05) is 0 Å². The zero-order valence-electron chi connectivity index (χ0n) is 8.81. The molecule has 2 heterocycles. The highest BCUT2D eigenvalue weighted by atomic mass is 16.5. The molecule has 1 fully saturated rings. The third-order valence-corrected chi connectivity index (χ3v) is 2.72. The van der Waals surface area contributed by atoms with Gasteiger partial charge in [-0.3, -0.25) is 14.3 Å². The van der Waals surface area contributed by atoms with E-state index in [1.165, 1.54) is 6.20 Å². The Kier molecular flexibility index (Phi) is 3.11. The van der Waals surface area contributed by atoms with E-state index in [2.05, 4.69) is 4.98 Å². The zero-order chi connectivity index (χ0) is 12.6. The van der Waals surface area contributed by atoms with E-state index in [9.17, 15) is 14.7 Å². The fourth-order valence-electron chi connectivity index (χ4n) is 1.80. The van der Waals surface area contributed by atoms with Crippen molar-refractivity contribution in [3.63, 3.8) is 0 Å². The van der Waals surface area contributed by atoms with Crippen molar-refractivity contribution < 1.29 is 14.9 Å². The van der Waals surface area contributed by atoms with Crippen molar-refractivity contribution in [2.24, 2.45) is 5.73 Å². The topological polar surface area (TPSA) is 131 Å². The third-order valence-electron chi connectivity index (χ3n) is 2.72. The Morgan fingerprint density at radius 2 is 2.24 bits per heavy atom. The second-order valence-corrected chi connectivity index (χ2v) is 3.83. The summed E-state index contributed by atoms with van der Waals surface area (Å²) in [5, 5.41) is 18.6. The SMILES string of the molecule is N[C@@H]1[C@H](O)[C@H](CO)O[C@@H]1n1ccc(=O)[nH]c1=O. The van der Waals surface area contributed by atoms with Crippen molar-refractivity contribution in [1.82, 2.24) is 9.55 Å². The Hall–Kier alpha value is -1.48. The normalized spacial score (nSPS) is 32.9. The van der Waals surface area contributed by atoms with E-state index >= 15 is 0 Å². The van der Waals surface area contributed by atoms with Gasteiger partial charge >= 0.3 is 5.69 Å². The second kappa shape index (κ2) is 4.41. The van der Waals surface area contributed by atoms with E-state index in [1.807, 2.05) is 0 Å². The van der Waals surface area contributed by atoms with Crippen LogP contribution in [0, 0.1) is 0 Å². The molecule has 1 aromatic rings. The average Bonchev–Trinajstić information content (AvgIpc) is 2.57. The van der Waals surface area contributed by atoms with Crippen molar-refractivity contribution in [1.29, 1.82) is 0 Å². The lowest BCUT2D eigenvalue weighted by Gasteiger charge is -2.17. The summed E-state index contributed by atoms with van der Waals surface area (Å²) in [6.07, 6.45) is -1.58. The van der Waals surface area contributed by atoms with E-state index in [0.717, 1.165) is 10.6 Å². The van der Waals surface area contributed by atoms with Gasteiger partial charge in [-0.25, -0.2) is 4.79 Å². The van der Waals surface area contributed by atoms with Crippen LogP contribution in [0.3, 0.4) is 0 Å². The second-order valence-electron chi connectivity index (χ2n) is 3.83. The maximum absolute atomic E-state index is 11.5. The smallest absolute Gasteiger partial charge is 0.330 e. The van der Waals surface area contributed by atoms with Crippen LogP contribution >= 0.6 is 0 Å². The lowest BCUT2D eigenvalue weighted by molar-refractivity contribution is -0.0465. The molecule has 4 atom stereocenters. The molecule has 0 radical (unpaired) electrons. The van der Waals surface area contributed by atoms with Gasteiger partial charge in [-0.05, 0) is 0 Å². The fourth-order valence-corrected chi connectivity index (χ4v) is 1.80. The van der Waals surface area contributed by atoms with Gasteiger partial charge in [0.05, 0.1) is 12.6 Å². The first-order chi connectivity index (χ1) is 8.04. The molecule has 2 rings (SSSR count). The van der Waals surface area contributed by atoms with Crippen LogP contribution in [0.2, 0.25) is 0 Å². The van der Waals surface area contributed by atoms with Crippen LogP contribution in [0.4, 0.5) is 0 Å². The zero-order valence-corrected chi connectivity index (χ0v) is 8.81. The van der Waals surface area contributed by atoms with Crippen LogP contribution in [0.15, 0.2) is 21.9 Å². The summed E-state index contributed by atoms with van der Waals surface area (Å²) in [6, 6.07) is 0.298. The standard InChI is InChI=1S/C9H13N3O5/c10-6-7(15)4(3-13)17-8(6)12-2-1-5(14)11-9(12)16/h1-2,4,6-8,13,15H,3,10H2,(H,11,14,16)/t4-,6+,7+,8-/m0/s1. The summed E-state index contributed by atoms with van der Waals surface area (Å²) in [7, 11) is 0. The number of nitrogens with one attached hydrogen (secondary N) is 1. The predicted molar refractivity (Wildman–Crippen MR) is 56.3 cm³/mol. The number of aliphatic hydroxyl groups is 2. The van der Waals surface area contributed by atoms with Gasteiger partial charge in [0.15, 0.2) is 6.23 Å². The summed E-state index contributed by atoms with van der Waals surface area (Å²) < 4.78 is 6.33. The molecule has 0 amide bonds. The van der Waals surface area contributed by atoms with Crippen LogP contribution in [0.1, 0.15) is 6.23 Å². The van der Waals surface area contributed by atoms with E-state index in [0.29, 0.717) is 0 Å². The first-order valence-corrected chi connectivity index (χ1v) is 5.06. The number of hydrogen-bond acceptors (Lipinski definition) is 6. The summed E-state index contributed by atoms with van der Waals surface area (Å²) in [5.41, 5.74) is 4.48. The molecule has 1 aliphatic rings. The Bertz CT molecular complexity index is 510. The number of nitrogens with zero attached hydrogens (tertiary/aromatic N) is 1. The molecule has 8 nitrogen and oxygen atoms in total. The first-order valence-electron chi connectivity index (χ1n) is 5.06. The maximum atomic E-state index is 11.5. The first kappa shape index (κ1) is 12.0. The van der Waals surface area contributed by atoms with Crippen LogP contribution in [-0.2, 0) is 4.74 Å². The Labute approximate surface area is 95.3 Å². The number of nitrogens with two attached hydrogens (primary N) is 1. The van der Waals surface area contributed by atoms with E-state index in [-0.39, 0.29) is 0 Å². The number of H-pyrrole nitrogens is 1. The highest BCUT2D eigenvalue weighted by molar-refractivity contribution is 4.94. The van der Waals surface area contributed by atoms with Crippen molar-refractivity contribution in [2.45, 2.75) is 24.5 Å². The van der Waals surface area contributed by atoms with Crippen LogP contribution in [0.25, 0.3) is 0 Å². The van der Waals surface area contributed by atoms with Gasteiger partial charge in [0.2, 0.25) is 0 Å². The summed E-state index contributed by atoms with van der Waals surface area (Å²) >= 11 is 0. The molecule has 0 bridgehead atoms. The van der Waals surface area contributed by atoms with Crippen molar-refractivity contribution in [3.05, 3.63) is 33.1 Å². The lowest BCUT2D eigenvalue weighted by atomic mass is 10.1. The van der Waals surface area contributed by atoms with E-state index < -0.39 is 42.3 Å². The van der Waals surface area contributed by atoms with Gasteiger partial charge in [-0.2, -0.15) is 0 Å². The van der Waals surface area contributed by atoms with Crippen molar-refractivity contribution >= 4 is 0 Å². The molecule has 0 aromatic carbocycles. The largest absolute Gasteiger partial charge is 0.394 e. The molecular weight excluding hydrogens is 230 g/mol. The van der Waals surface area contributed by atoms with Crippen molar-refractivity contribution in [3.8, 4) is 0 Å². The molecule has 5 N–H and O–H groups in total. The molecule has 1 saturated heterocycles. The predicted octanol–water partition coefficient (Wildman–Crippen LogP) is -2.89. The number of aromatic amines is 1. The summed E-state index contributed by atoms with van der Waals surface area (Å²) in [4.78, 5) is 24.5. The minimum absolute atomic E-state index is 0.399. The van der Waals surface area contributed by atoms with Crippen molar-refractivity contribution in [2.75, 3.05) is 6.61 Å². The number of aromatic nitrogens is 2. The van der Waals surface area contributed by atoms with Gasteiger partial charge < -0.3 is 20.7 Å². The number of aliphatic hydroxyl groups excluding tert-OH is 2. The summed E-state index contributed by atoms with van der Waals surface area (Å²) in [6.45, 7) is -0.399. The molecule has 0 unspecified atom stereocenters. The molecule has 0 saturated carbocycles. The Balaban J connectivity index is 2.35. The van der Waals surface area contributed by atoms with Gasteiger partial charge in [0, 0.05) is 12.3 Å². The molecular formula is C9H13N3O5. The van der Waals surface area contributed by atoms with Crippen LogP contribution in [0.5, 0.6) is 0 Å². The minimum Gasteiger partial charge on any atom is -0.394 e. The average molecular weight is 243 g/mol. The van der Waals surface area contributed by atoms with E-state index in [4.69, 9.17) is 15.6 Å². The quantitative estimate of drug-likeness (QED) is 0.441. The highest BCUT2D eigenvalue weighted by Crippen LogP contribution is 2.26. The third kappa shape index (κ3) is 2.03. The van der Waals surface area contributed by atoms with Crippen LogP contribution < -0.4 is 17.0 Å². The molecule has 0 aliphatic carbocycles.